The molecule has 0 fully saturated rings. The van der Waals surface area contributed by atoms with E-state index in [-0.39, 0.29) is 5.56 Å². The summed E-state index contributed by atoms with van der Waals surface area (Å²) in [5.41, 5.74) is 0.217. The lowest BCUT2D eigenvalue weighted by atomic mass is 10.3. The molecular weight excluding hydrogens is 270 g/mol. The van der Waals surface area contributed by atoms with Gasteiger partial charge in [0.05, 0.1) is 0 Å². The van der Waals surface area contributed by atoms with Crippen molar-refractivity contribution in [2.45, 2.75) is 6.42 Å². The predicted octanol–water partition coefficient (Wildman–Crippen LogP) is 1.24. The summed E-state index contributed by atoms with van der Waals surface area (Å²) in [6, 6.07) is 3.92. The third-order valence-corrected chi connectivity index (χ3v) is 4.18. The van der Waals surface area contributed by atoms with Gasteiger partial charge in [-0.05, 0) is 11.4 Å². The van der Waals surface area contributed by atoms with Crippen LogP contribution < -0.4 is 10.9 Å². The third kappa shape index (κ3) is 1.89. The van der Waals surface area contributed by atoms with Crippen molar-refractivity contribution in [1.29, 1.82) is 0 Å². The Balaban J connectivity index is 2.08. The minimum Gasteiger partial charge on any atom is -0.363 e. The first-order valence-corrected chi connectivity index (χ1v) is 6.93. The van der Waals surface area contributed by atoms with E-state index in [1.165, 1.54) is 15.9 Å². The van der Waals surface area contributed by atoms with Crippen molar-refractivity contribution in [1.82, 2.24) is 19.8 Å². The van der Waals surface area contributed by atoms with Crippen molar-refractivity contribution in [3.05, 3.63) is 38.4 Å². The molecule has 0 amide bonds. The average molecular weight is 279 g/mol. The summed E-state index contributed by atoms with van der Waals surface area (Å²) in [5, 5.41) is 17.7. The van der Waals surface area contributed by atoms with Crippen LogP contribution in [0.2, 0.25) is 0 Å². The normalized spacial score (nSPS) is 10.9. The number of nitrogens with one attached hydrogen (secondary N) is 1. The van der Waals surface area contributed by atoms with Gasteiger partial charge in [-0.2, -0.15) is 4.52 Å². The standard InChI is InChI=1S/C10H9N5OS2/c1-11-9-14-15-8(16)7(12-13-10(15)18-9)5-6-3-2-4-17-6/h2-4H,5H2,1H3,(H,11,14). The van der Waals surface area contributed by atoms with E-state index in [9.17, 15) is 4.79 Å². The van der Waals surface area contributed by atoms with E-state index in [4.69, 9.17) is 0 Å². The summed E-state index contributed by atoms with van der Waals surface area (Å²) in [7, 11) is 1.75. The Morgan fingerprint density at radius 2 is 2.33 bits per heavy atom. The van der Waals surface area contributed by atoms with Crippen LogP contribution in [-0.2, 0) is 6.42 Å². The fraction of sp³-hybridized carbons (Fsp3) is 0.200. The summed E-state index contributed by atoms with van der Waals surface area (Å²) in [6.07, 6.45) is 0.499. The first-order valence-electron chi connectivity index (χ1n) is 5.23. The van der Waals surface area contributed by atoms with Crippen molar-refractivity contribution in [2.24, 2.45) is 0 Å². The SMILES string of the molecule is CNc1nn2c(=O)c(Cc3cccs3)nnc2s1. The molecule has 0 aliphatic rings. The van der Waals surface area contributed by atoms with Crippen molar-refractivity contribution < 1.29 is 0 Å². The summed E-state index contributed by atoms with van der Waals surface area (Å²) in [6.45, 7) is 0. The second kappa shape index (κ2) is 4.46. The lowest BCUT2D eigenvalue weighted by molar-refractivity contribution is 0.812. The number of hydrogen-bond donors (Lipinski definition) is 1. The van der Waals surface area contributed by atoms with E-state index in [2.05, 4.69) is 20.6 Å². The van der Waals surface area contributed by atoms with Crippen molar-refractivity contribution in [3.8, 4) is 0 Å². The zero-order chi connectivity index (χ0) is 12.5. The first kappa shape index (κ1) is 11.3. The van der Waals surface area contributed by atoms with E-state index >= 15 is 0 Å². The minimum absolute atomic E-state index is 0.203. The van der Waals surface area contributed by atoms with Gasteiger partial charge in [-0.25, -0.2) is 0 Å². The molecule has 6 nitrogen and oxygen atoms in total. The summed E-state index contributed by atoms with van der Waals surface area (Å²) >= 11 is 2.89. The maximum Gasteiger partial charge on any atom is 0.297 e. The Morgan fingerprint density at radius 3 is 3.06 bits per heavy atom. The summed E-state index contributed by atoms with van der Waals surface area (Å²) in [5.74, 6) is 0. The highest BCUT2D eigenvalue weighted by Crippen LogP contribution is 2.15. The van der Waals surface area contributed by atoms with Crippen LogP contribution in [0.25, 0.3) is 4.96 Å². The van der Waals surface area contributed by atoms with Gasteiger partial charge in [0.25, 0.3) is 5.56 Å². The van der Waals surface area contributed by atoms with Gasteiger partial charge < -0.3 is 5.32 Å². The van der Waals surface area contributed by atoms with Crippen molar-refractivity contribution in [2.75, 3.05) is 12.4 Å². The number of aromatic nitrogens is 4. The van der Waals surface area contributed by atoms with Crippen LogP contribution in [-0.4, -0.2) is 26.9 Å². The van der Waals surface area contributed by atoms with Crippen LogP contribution in [0.15, 0.2) is 22.3 Å². The van der Waals surface area contributed by atoms with E-state index in [0.717, 1.165) is 4.88 Å². The molecule has 0 saturated heterocycles. The largest absolute Gasteiger partial charge is 0.363 e. The molecule has 0 saturated carbocycles. The highest BCUT2D eigenvalue weighted by molar-refractivity contribution is 7.20. The topological polar surface area (TPSA) is 72.2 Å². The second-order valence-electron chi connectivity index (χ2n) is 3.56. The maximum atomic E-state index is 12.2. The molecule has 0 unspecified atom stereocenters. The first-order chi connectivity index (χ1) is 8.78. The molecule has 0 spiro atoms. The van der Waals surface area contributed by atoms with Gasteiger partial charge in [0, 0.05) is 18.3 Å². The molecule has 1 N–H and O–H groups in total. The Labute approximate surface area is 110 Å². The van der Waals surface area contributed by atoms with E-state index in [0.29, 0.717) is 22.2 Å². The summed E-state index contributed by atoms with van der Waals surface area (Å²) in [4.78, 5) is 13.8. The van der Waals surface area contributed by atoms with Crippen LogP contribution in [0, 0.1) is 0 Å². The molecule has 0 aromatic carbocycles. The lowest BCUT2D eigenvalue weighted by Crippen LogP contribution is -2.22. The highest BCUT2D eigenvalue weighted by atomic mass is 32.1. The Hall–Kier alpha value is -1.80. The number of anilines is 1. The third-order valence-electron chi connectivity index (χ3n) is 2.39. The Morgan fingerprint density at radius 1 is 1.44 bits per heavy atom. The molecule has 8 heteroatoms. The van der Waals surface area contributed by atoms with E-state index < -0.39 is 0 Å². The Kier molecular flexibility index (Phi) is 2.80. The van der Waals surface area contributed by atoms with Gasteiger partial charge in [-0.15, -0.1) is 26.6 Å². The van der Waals surface area contributed by atoms with Crippen LogP contribution in [0.4, 0.5) is 5.13 Å². The van der Waals surface area contributed by atoms with Crippen LogP contribution in [0.1, 0.15) is 10.6 Å². The maximum absolute atomic E-state index is 12.2. The summed E-state index contributed by atoms with van der Waals surface area (Å²) < 4.78 is 1.30. The molecule has 0 radical (unpaired) electrons. The number of thiophene rings is 1. The van der Waals surface area contributed by atoms with E-state index in [1.54, 1.807) is 18.4 Å². The molecule has 3 rings (SSSR count). The van der Waals surface area contributed by atoms with Crippen LogP contribution in [0.5, 0.6) is 0 Å². The Bertz CT molecular complexity index is 730. The lowest BCUT2D eigenvalue weighted by Gasteiger charge is -1.96. The molecular formula is C10H9N5OS2. The molecule has 0 atom stereocenters. The van der Waals surface area contributed by atoms with Gasteiger partial charge in [-0.1, -0.05) is 17.4 Å². The average Bonchev–Trinajstić information content (AvgIpc) is 3.02. The van der Waals surface area contributed by atoms with Gasteiger partial charge in [-0.3, -0.25) is 4.79 Å². The molecule has 92 valence electrons. The quantitative estimate of drug-likeness (QED) is 0.781. The smallest absolute Gasteiger partial charge is 0.297 e. The van der Waals surface area contributed by atoms with Gasteiger partial charge in [0.2, 0.25) is 10.1 Å². The predicted molar refractivity (Wildman–Crippen MR) is 71.6 cm³/mol. The van der Waals surface area contributed by atoms with Crippen molar-refractivity contribution in [3.63, 3.8) is 0 Å². The minimum atomic E-state index is -0.203. The highest BCUT2D eigenvalue weighted by Gasteiger charge is 2.12. The molecule has 0 aliphatic carbocycles. The number of hydrogen-bond acceptors (Lipinski definition) is 7. The van der Waals surface area contributed by atoms with Gasteiger partial charge in [0.1, 0.15) is 5.69 Å². The number of nitrogens with zero attached hydrogens (tertiary/aromatic N) is 4. The van der Waals surface area contributed by atoms with E-state index in [1.807, 2.05) is 17.5 Å². The monoisotopic (exact) mass is 279 g/mol. The molecule has 3 heterocycles. The number of rotatable bonds is 3. The van der Waals surface area contributed by atoms with Crippen LogP contribution >= 0.6 is 22.7 Å². The molecule has 0 aliphatic heterocycles. The molecule has 3 aromatic rings. The molecule has 3 aromatic heterocycles. The zero-order valence-corrected chi connectivity index (χ0v) is 11.1. The fourth-order valence-corrected chi connectivity index (χ4v) is 2.94. The number of fused-ring (bicyclic) bond motifs is 1. The molecule has 18 heavy (non-hydrogen) atoms. The fourth-order valence-electron chi connectivity index (χ4n) is 1.54. The molecule has 0 bridgehead atoms. The van der Waals surface area contributed by atoms with Crippen molar-refractivity contribution >= 4 is 32.8 Å². The second-order valence-corrected chi connectivity index (χ2v) is 5.55. The van der Waals surface area contributed by atoms with Gasteiger partial charge >= 0.3 is 0 Å². The van der Waals surface area contributed by atoms with Gasteiger partial charge in [0.15, 0.2) is 0 Å². The van der Waals surface area contributed by atoms with Crippen LogP contribution in [0.3, 0.4) is 0 Å². The zero-order valence-electron chi connectivity index (χ0n) is 9.45.